The third-order valence-electron chi connectivity index (χ3n) is 5.26. The molecule has 1 aromatic carbocycles. The Morgan fingerprint density at radius 2 is 1.91 bits per heavy atom. The summed E-state index contributed by atoms with van der Waals surface area (Å²) in [5, 5.41) is 3.59. The number of carbonyl (C=O) groups is 1. The summed E-state index contributed by atoms with van der Waals surface area (Å²) in [6, 6.07) is 9.27. The average molecular weight is 300 g/mol. The molecule has 3 rings (SSSR count). The van der Waals surface area contributed by atoms with Crippen molar-refractivity contribution >= 4 is 5.91 Å². The number of amides is 1. The van der Waals surface area contributed by atoms with Crippen LogP contribution in [0.5, 0.6) is 0 Å². The molecule has 1 aliphatic heterocycles. The molecule has 1 aromatic rings. The summed E-state index contributed by atoms with van der Waals surface area (Å²) in [4.78, 5) is 14.3. The first kappa shape index (κ1) is 15.5. The Balaban J connectivity index is 1.40. The minimum Gasteiger partial charge on any atom is -0.343 e. The smallest absolute Gasteiger partial charge is 0.223 e. The summed E-state index contributed by atoms with van der Waals surface area (Å²) in [5.74, 6) is 1.11. The van der Waals surface area contributed by atoms with E-state index >= 15 is 0 Å². The molecule has 2 aliphatic rings. The molecule has 0 aromatic heterocycles. The number of benzene rings is 1. The maximum atomic E-state index is 12.2. The van der Waals surface area contributed by atoms with Crippen LogP contribution in [0.4, 0.5) is 0 Å². The third-order valence-corrected chi connectivity index (χ3v) is 5.26. The summed E-state index contributed by atoms with van der Waals surface area (Å²) >= 11 is 0. The van der Waals surface area contributed by atoms with E-state index in [0.717, 1.165) is 38.4 Å². The van der Waals surface area contributed by atoms with E-state index in [1.54, 1.807) is 0 Å². The molecular formula is C19H28N2O. The molecule has 3 heteroatoms. The molecule has 1 atom stereocenters. The van der Waals surface area contributed by atoms with Crippen LogP contribution >= 0.6 is 0 Å². The lowest BCUT2D eigenvalue weighted by molar-refractivity contribution is -0.132. The van der Waals surface area contributed by atoms with E-state index in [0.29, 0.717) is 18.4 Å². The van der Waals surface area contributed by atoms with Gasteiger partial charge in [0.1, 0.15) is 0 Å². The summed E-state index contributed by atoms with van der Waals surface area (Å²) in [7, 11) is 0. The maximum absolute atomic E-state index is 12.2. The maximum Gasteiger partial charge on any atom is 0.223 e. The Hall–Kier alpha value is -1.35. The van der Waals surface area contributed by atoms with Gasteiger partial charge in [-0.3, -0.25) is 4.79 Å². The number of nitrogens with zero attached hydrogens (tertiary/aromatic N) is 1. The zero-order chi connectivity index (χ0) is 15.4. The Labute approximate surface area is 134 Å². The molecule has 1 heterocycles. The first-order chi connectivity index (χ1) is 10.7. The summed E-state index contributed by atoms with van der Waals surface area (Å²) in [5.41, 5.74) is 2.97. The van der Waals surface area contributed by atoms with E-state index in [1.807, 2.05) is 0 Å². The second kappa shape index (κ2) is 7.28. The molecular weight excluding hydrogens is 272 g/mol. The van der Waals surface area contributed by atoms with E-state index in [4.69, 9.17) is 0 Å². The lowest BCUT2D eigenvalue weighted by Crippen LogP contribution is -2.41. The molecule has 120 valence electrons. The average Bonchev–Trinajstić information content (AvgIpc) is 2.55. The Kier molecular flexibility index (Phi) is 5.14. The van der Waals surface area contributed by atoms with E-state index < -0.39 is 0 Å². The number of fused-ring (bicyclic) bond motifs is 1. The molecule has 0 radical (unpaired) electrons. The molecule has 22 heavy (non-hydrogen) atoms. The topological polar surface area (TPSA) is 32.3 Å². The van der Waals surface area contributed by atoms with Crippen LogP contribution in [0.1, 0.15) is 43.7 Å². The van der Waals surface area contributed by atoms with Gasteiger partial charge < -0.3 is 10.2 Å². The highest BCUT2D eigenvalue weighted by atomic mass is 16.2. The van der Waals surface area contributed by atoms with Gasteiger partial charge in [0.05, 0.1) is 0 Å². The fourth-order valence-corrected chi connectivity index (χ4v) is 3.67. The largest absolute Gasteiger partial charge is 0.343 e. The normalized spacial score (nSPS) is 22.4. The molecule has 0 bridgehead atoms. The van der Waals surface area contributed by atoms with Gasteiger partial charge in [-0.05, 0) is 49.1 Å². The fraction of sp³-hybridized carbons (Fsp3) is 0.632. The van der Waals surface area contributed by atoms with Crippen LogP contribution in [-0.4, -0.2) is 36.5 Å². The Bertz CT molecular complexity index is 506. The first-order valence-corrected chi connectivity index (χ1v) is 8.80. The van der Waals surface area contributed by atoms with E-state index in [-0.39, 0.29) is 0 Å². The number of hydrogen-bond acceptors (Lipinski definition) is 2. The van der Waals surface area contributed by atoms with Gasteiger partial charge in [0.25, 0.3) is 0 Å². The van der Waals surface area contributed by atoms with Crippen LogP contribution in [0, 0.1) is 5.92 Å². The highest BCUT2D eigenvalue weighted by Crippen LogP contribution is 2.21. The lowest BCUT2D eigenvalue weighted by atomic mass is 9.88. The molecule has 1 saturated heterocycles. The molecule has 0 spiro atoms. The van der Waals surface area contributed by atoms with Crippen LogP contribution < -0.4 is 5.32 Å². The van der Waals surface area contributed by atoms with Gasteiger partial charge in [-0.2, -0.15) is 0 Å². The van der Waals surface area contributed by atoms with Crippen LogP contribution in [0.3, 0.4) is 0 Å². The fourth-order valence-electron chi connectivity index (χ4n) is 3.67. The minimum atomic E-state index is 0.329. The molecule has 1 N–H and O–H groups in total. The quantitative estimate of drug-likeness (QED) is 0.927. The molecule has 0 saturated carbocycles. The number of piperidine rings is 1. The van der Waals surface area contributed by atoms with Crippen LogP contribution in [0.25, 0.3) is 0 Å². The number of aryl methyl sites for hydroxylation is 1. The van der Waals surface area contributed by atoms with Crippen molar-refractivity contribution in [3.8, 4) is 0 Å². The van der Waals surface area contributed by atoms with Gasteiger partial charge in [0, 0.05) is 32.1 Å². The van der Waals surface area contributed by atoms with Crippen molar-refractivity contribution in [3.05, 3.63) is 35.4 Å². The van der Waals surface area contributed by atoms with Crippen molar-refractivity contribution in [1.82, 2.24) is 10.2 Å². The number of carbonyl (C=O) groups excluding carboxylic acids is 1. The molecule has 3 nitrogen and oxygen atoms in total. The summed E-state index contributed by atoms with van der Waals surface area (Å²) in [6.45, 7) is 5.01. The van der Waals surface area contributed by atoms with Crippen LogP contribution in [0.2, 0.25) is 0 Å². The lowest BCUT2D eigenvalue weighted by Gasteiger charge is -2.31. The molecule has 1 amide bonds. The SMILES string of the molecule is CC1CCN(C(=O)CCNC2CCc3ccccc3C2)CC1. The van der Waals surface area contributed by atoms with Crippen molar-refractivity contribution in [2.24, 2.45) is 5.92 Å². The highest BCUT2D eigenvalue weighted by molar-refractivity contribution is 5.76. The predicted molar refractivity (Wildman–Crippen MR) is 89.9 cm³/mol. The van der Waals surface area contributed by atoms with Crippen molar-refractivity contribution in [2.45, 2.75) is 51.5 Å². The van der Waals surface area contributed by atoms with Gasteiger partial charge >= 0.3 is 0 Å². The van der Waals surface area contributed by atoms with Crippen molar-refractivity contribution in [3.63, 3.8) is 0 Å². The number of likely N-dealkylation sites (tertiary alicyclic amines) is 1. The monoisotopic (exact) mass is 300 g/mol. The van der Waals surface area contributed by atoms with E-state index in [2.05, 4.69) is 41.4 Å². The first-order valence-electron chi connectivity index (χ1n) is 8.80. The van der Waals surface area contributed by atoms with E-state index in [9.17, 15) is 4.79 Å². The standard InChI is InChI=1S/C19H28N2O/c1-15-9-12-21(13-10-15)19(22)8-11-20-18-7-6-16-4-2-3-5-17(16)14-18/h2-5,15,18,20H,6-14H2,1H3. The van der Waals surface area contributed by atoms with E-state index in [1.165, 1.54) is 30.4 Å². The molecule has 1 unspecified atom stereocenters. The van der Waals surface area contributed by atoms with Crippen LogP contribution in [-0.2, 0) is 17.6 Å². The molecule has 1 aliphatic carbocycles. The summed E-state index contributed by atoms with van der Waals surface area (Å²) in [6.07, 6.45) is 6.42. The van der Waals surface area contributed by atoms with Gasteiger partial charge in [-0.1, -0.05) is 31.2 Å². The molecule has 1 fully saturated rings. The number of rotatable bonds is 4. The Morgan fingerprint density at radius 3 is 2.68 bits per heavy atom. The third kappa shape index (κ3) is 3.89. The van der Waals surface area contributed by atoms with Gasteiger partial charge in [0.2, 0.25) is 5.91 Å². The zero-order valence-electron chi connectivity index (χ0n) is 13.7. The van der Waals surface area contributed by atoms with Crippen LogP contribution in [0.15, 0.2) is 24.3 Å². The second-order valence-electron chi connectivity index (χ2n) is 6.98. The highest BCUT2D eigenvalue weighted by Gasteiger charge is 2.21. The van der Waals surface area contributed by atoms with Crippen molar-refractivity contribution in [2.75, 3.05) is 19.6 Å². The zero-order valence-corrected chi connectivity index (χ0v) is 13.7. The minimum absolute atomic E-state index is 0.329. The Morgan fingerprint density at radius 1 is 1.18 bits per heavy atom. The summed E-state index contributed by atoms with van der Waals surface area (Å²) < 4.78 is 0. The number of hydrogen-bond donors (Lipinski definition) is 1. The van der Waals surface area contributed by atoms with Crippen molar-refractivity contribution < 1.29 is 4.79 Å². The van der Waals surface area contributed by atoms with Crippen molar-refractivity contribution in [1.29, 1.82) is 0 Å². The van der Waals surface area contributed by atoms with Gasteiger partial charge in [-0.15, -0.1) is 0 Å². The van der Waals surface area contributed by atoms with Gasteiger partial charge in [-0.25, -0.2) is 0 Å². The predicted octanol–water partition coefficient (Wildman–Crippen LogP) is 2.78. The second-order valence-corrected chi connectivity index (χ2v) is 6.98. The van der Waals surface area contributed by atoms with Gasteiger partial charge in [0.15, 0.2) is 0 Å². The number of nitrogens with one attached hydrogen (secondary N) is 1.